The van der Waals surface area contributed by atoms with Gasteiger partial charge in [0, 0.05) is 17.4 Å². The van der Waals surface area contributed by atoms with E-state index >= 15 is 0 Å². The highest BCUT2D eigenvalue weighted by molar-refractivity contribution is 5.96. The van der Waals surface area contributed by atoms with Gasteiger partial charge < -0.3 is 29.9 Å². The smallest absolute Gasteiger partial charge is 0.357 e. The molecule has 0 spiro atoms. The zero-order valence-corrected chi connectivity index (χ0v) is 16.1. The molecule has 0 saturated heterocycles. The predicted octanol–water partition coefficient (Wildman–Crippen LogP) is 2.98. The van der Waals surface area contributed by atoms with Gasteiger partial charge in [0.15, 0.2) is 17.2 Å². The first kappa shape index (κ1) is 18.9. The van der Waals surface area contributed by atoms with E-state index in [9.17, 15) is 15.2 Å². The van der Waals surface area contributed by atoms with E-state index in [1.807, 2.05) is 6.07 Å². The zero-order valence-electron chi connectivity index (χ0n) is 16.1. The van der Waals surface area contributed by atoms with E-state index in [1.165, 1.54) is 31.0 Å². The van der Waals surface area contributed by atoms with Crippen molar-refractivity contribution in [3.63, 3.8) is 0 Å². The van der Waals surface area contributed by atoms with Gasteiger partial charge in [-0.15, -0.1) is 0 Å². The third-order valence-electron chi connectivity index (χ3n) is 4.74. The number of benzene rings is 2. The molecule has 0 fully saturated rings. The van der Waals surface area contributed by atoms with Gasteiger partial charge in [0.05, 0.1) is 36.5 Å². The summed E-state index contributed by atoms with van der Waals surface area (Å²) in [6.07, 6.45) is 1.49. The van der Waals surface area contributed by atoms with Crippen molar-refractivity contribution >= 4 is 22.7 Å². The number of esters is 1. The van der Waals surface area contributed by atoms with Crippen LogP contribution in [0.25, 0.3) is 28.1 Å². The fraction of sp³-hybridized carbons (Fsp3) is 0.0952. The number of nitrogens with two attached hydrogens (primary N) is 1. The SMILES string of the molecule is COC(=O)c1c(N)c(C#N)cn1-c1ccc2nc(-c3ccc(O)c(OC)c3)[nH]c2c1. The van der Waals surface area contributed by atoms with E-state index in [2.05, 4.69) is 9.97 Å². The average Bonchev–Trinajstić information content (AvgIpc) is 3.33. The maximum absolute atomic E-state index is 12.2. The number of carbonyl (C=O) groups is 1. The van der Waals surface area contributed by atoms with Gasteiger partial charge in [0.2, 0.25) is 0 Å². The lowest BCUT2D eigenvalue weighted by molar-refractivity contribution is 0.0593. The van der Waals surface area contributed by atoms with Crippen molar-refractivity contribution in [3.8, 4) is 34.6 Å². The number of anilines is 1. The lowest BCUT2D eigenvalue weighted by atomic mass is 10.2. The Morgan fingerprint density at radius 1 is 1.27 bits per heavy atom. The summed E-state index contributed by atoms with van der Waals surface area (Å²) < 4.78 is 11.5. The summed E-state index contributed by atoms with van der Waals surface area (Å²) in [7, 11) is 2.72. The summed E-state index contributed by atoms with van der Waals surface area (Å²) in [5.74, 6) is 0.311. The van der Waals surface area contributed by atoms with Crippen LogP contribution in [0.3, 0.4) is 0 Å². The quantitative estimate of drug-likeness (QED) is 0.445. The molecule has 2 aromatic carbocycles. The van der Waals surface area contributed by atoms with E-state index < -0.39 is 5.97 Å². The van der Waals surface area contributed by atoms with Crippen molar-refractivity contribution in [2.75, 3.05) is 20.0 Å². The van der Waals surface area contributed by atoms with Crippen molar-refractivity contribution in [2.45, 2.75) is 0 Å². The number of hydrogen-bond acceptors (Lipinski definition) is 7. The molecule has 0 aliphatic rings. The number of carbonyl (C=O) groups excluding carboxylic acids is 1. The molecule has 9 nitrogen and oxygen atoms in total. The van der Waals surface area contributed by atoms with Gasteiger partial charge in [0.25, 0.3) is 0 Å². The number of H-pyrrole nitrogens is 1. The molecule has 4 rings (SSSR count). The molecule has 4 N–H and O–H groups in total. The standard InChI is InChI=1S/C21H17N5O4/c1-29-17-7-11(3-6-16(17)27)20-24-14-5-4-13(8-15(14)25-20)26-10-12(9-22)18(23)19(26)21(28)30-2/h3-8,10,27H,23H2,1-2H3,(H,24,25). The molecule has 2 heterocycles. The number of imidazole rings is 1. The maximum atomic E-state index is 12.2. The van der Waals surface area contributed by atoms with Crippen LogP contribution >= 0.6 is 0 Å². The second-order valence-corrected chi connectivity index (χ2v) is 6.45. The van der Waals surface area contributed by atoms with Crippen LogP contribution in [0.15, 0.2) is 42.6 Å². The van der Waals surface area contributed by atoms with Crippen LogP contribution in [0.4, 0.5) is 5.69 Å². The Kier molecular flexibility index (Phi) is 4.52. The predicted molar refractivity (Wildman–Crippen MR) is 110 cm³/mol. The van der Waals surface area contributed by atoms with Crippen molar-refractivity contribution < 1.29 is 19.4 Å². The Bertz CT molecular complexity index is 1330. The second-order valence-electron chi connectivity index (χ2n) is 6.45. The number of methoxy groups -OCH3 is 2. The minimum absolute atomic E-state index is 0.0356. The van der Waals surface area contributed by atoms with Gasteiger partial charge in [0.1, 0.15) is 11.9 Å². The Balaban J connectivity index is 1.83. The molecule has 0 unspecified atom stereocenters. The first-order chi connectivity index (χ1) is 14.5. The Labute approximate surface area is 170 Å². The number of phenols is 1. The molecule has 2 aromatic heterocycles. The van der Waals surface area contributed by atoms with Gasteiger partial charge >= 0.3 is 5.97 Å². The molecule has 150 valence electrons. The Morgan fingerprint density at radius 2 is 2.07 bits per heavy atom. The summed E-state index contributed by atoms with van der Waals surface area (Å²) in [6.45, 7) is 0. The summed E-state index contributed by atoms with van der Waals surface area (Å²) in [4.78, 5) is 20.0. The van der Waals surface area contributed by atoms with E-state index in [1.54, 1.807) is 30.3 Å². The number of nitrogens with one attached hydrogen (secondary N) is 1. The van der Waals surface area contributed by atoms with Crippen LogP contribution in [0.2, 0.25) is 0 Å². The summed E-state index contributed by atoms with van der Waals surface area (Å²) in [6, 6.07) is 12.2. The number of ether oxygens (including phenoxy) is 2. The largest absolute Gasteiger partial charge is 0.504 e. The summed E-state index contributed by atoms with van der Waals surface area (Å²) >= 11 is 0. The first-order valence-corrected chi connectivity index (χ1v) is 8.83. The number of hydrogen-bond donors (Lipinski definition) is 3. The molecule has 0 saturated carbocycles. The highest BCUT2D eigenvalue weighted by Crippen LogP contribution is 2.32. The lowest BCUT2D eigenvalue weighted by Crippen LogP contribution is -2.11. The van der Waals surface area contributed by atoms with Crippen LogP contribution in [0, 0.1) is 11.3 Å². The number of nitrogens with zero attached hydrogens (tertiary/aromatic N) is 3. The molecule has 0 bridgehead atoms. The normalized spacial score (nSPS) is 10.7. The van der Waals surface area contributed by atoms with Gasteiger partial charge in [-0.25, -0.2) is 9.78 Å². The minimum atomic E-state index is -0.643. The van der Waals surface area contributed by atoms with E-state index in [4.69, 9.17) is 15.2 Å². The van der Waals surface area contributed by atoms with Crippen LogP contribution in [0.5, 0.6) is 11.5 Å². The highest BCUT2D eigenvalue weighted by Gasteiger charge is 2.22. The molecule has 0 aliphatic carbocycles. The van der Waals surface area contributed by atoms with Crippen LogP contribution in [0.1, 0.15) is 16.1 Å². The van der Waals surface area contributed by atoms with Gasteiger partial charge in [-0.1, -0.05) is 0 Å². The summed E-state index contributed by atoms with van der Waals surface area (Å²) in [5.41, 5.74) is 9.02. The van der Waals surface area contributed by atoms with Gasteiger partial charge in [-0.2, -0.15) is 5.26 Å². The van der Waals surface area contributed by atoms with Crippen molar-refractivity contribution in [1.82, 2.24) is 14.5 Å². The monoisotopic (exact) mass is 403 g/mol. The zero-order chi connectivity index (χ0) is 21.4. The van der Waals surface area contributed by atoms with Crippen molar-refractivity contribution in [1.29, 1.82) is 5.26 Å². The topological polar surface area (TPSA) is 139 Å². The Hall–Kier alpha value is -4.45. The molecule has 4 aromatic rings. The lowest BCUT2D eigenvalue weighted by Gasteiger charge is -2.08. The highest BCUT2D eigenvalue weighted by atomic mass is 16.5. The van der Waals surface area contributed by atoms with Gasteiger partial charge in [-0.3, -0.25) is 0 Å². The number of aromatic nitrogens is 3. The fourth-order valence-electron chi connectivity index (χ4n) is 3.23. The van der Waals surface area contributed by atoms with Crippen molar-refractivity contribution in [2.24, 2.45) is 0 Å². The molecule has 0 atom stereocenters. The number of nitrogen functional groups attached to an aromatic ring is 1. The number of aromatic hydroxyl groups is 1. The molecule has 30 heavy (non-hydrogen) atoms. The number of phenolic OH excluding ortho intramolecular Hbond substituents is 1. The average molecular weight is 403 g/mol. The number of fused-ring (bicyclic) bond motifs is 1. The number of rotatable bonds is 4. The van der Waals surface area contributed by atoms with E-state index in [0.717, 1.165) is 5.56 Å². The van der Waals surface area contributed by atoms with E-state index in [-0.39, 0.29) is 22.7 Å². The van der Waals surface area contributed by atoms with Crippen LogP contribution in [-0.4, -0.2) is 39.8 Å². The first-order valence-electron chi connectivity index (χ1n) is 8.83. The molecule has 0 amide bonds. The maximum Gasteiger partial charge on any atom is 0.357 e. The molecular weight excluding hydrogens is 386 g/mol. The van der Waals surface area contributed by atoms with Crippen molar-refractivity contribution in [3.05, 3.63) is 53.9 Å². The molecular formula is C21H17N5O4. The van der Waals surface area contributed by atoms with Crippen LogP contribution < -0.4 is 10.5 Å². The number of aromatic amines is 1. The molecule has 0 radical (unpaired) electrons. The third kappa shape index (κ3) is 2.97. The van der Waals surface area contributed by atoms with Gasteiger partial charge in [-0.05, 0) is 36.4 Å². The molecule has 0 aliphatic heterocycles. The minimum Gasteiger partial charge on any atom is -0.504 e. The fourth-order valence-corrected chi connectivity index (χ4v) is 3.23. The third-order valence-corrected chi connectivity index (χ3v) is 4.74. The Morgan fingerprint density at radius 3 is 2.77 bits per heavy atom. The van der Waals surface area contributed by atoms with Crippen LogP contribution in [-0.2, 0) is 4.74 Å². The molecule has 9 heteroatoms. The summed E-state index contributed by atoms with van der Waals surface area (Å²) in [5, 5.41) is 19.1. The number of nitriles is 1. The van der Waals surface area contributed by atoms with E-state index in [0.29, 0.717) is 28.3 Å². The second kappa shape index (κ2) is 7.18.